The van der Waals surface area contributed by atoms with Crippen molar-refractivity contribution >= 4 is 52.4 Å². The van der Waals surface area contributed by atoms with Crippen LogP contribution < -0.4 is 10.2 Å². The summed E-state index contributed by atoms with van der Waals surface area (Å²) < 4.78 is 0. The molecule has 0 aliphatic carbocycles. The number of hydrogen-bond acceptors (Lipinski definition) is 4. The number of carbonyl (C=O) groups excluding carboxylic acids is 2. The zero-order valence-electron chi connectivity index (χ0n) is 19.4. The van der Waals surface area contributed by atoms with Gasteiger partial charge in [-0.1, -0.05) is 53.7 Å². The molecule has 0 spiro atoms. The number of thioether (sulfide) groups is 1. The van der Waals surface area contributed by atoms with E-state index in [4.69, 9.17) is 0 Å². The van der Waals surface area contributed by atoms with Crippen LogP contribution in [-0.2, 0) is 4.79 Å². The molecule has 0 bridgehead atoms. The Morgan fingerprint density at radius 1 is 0.800 bits per heavy atom. The van der Waals surface area contributed by atoms with Crippen molar-refractivity contribution in [1.82, 2.24) is 0 Å². The lowest BCUT2D eigenvalue weighted by Crippen LogP contribution is -2.34. The topological polar surface area (TPSA) is 49.4 Å². The van der Waals surface area contributed by atoms with Gasteiger partial charge < -0.3 is 5.32 Å². The van der Waals surface area contributed by atoms with Crippen LogP contribution in [0.5, 0.6) is 0 Å². The van der Waals surface area contributed by atoms with Crippen LogP contribution in [0.1, 0.15) is 22.8 Å². The summed E-state index contributed by atoms with van der Waals surface area (Å²) in [5.74, 6) is -0.110. The van der Waals surface area contributed by atoms with Crippen LogP contribution in [-0.4, -0.2) is 17.1 Å². The van der Waals surface area contributed by atoms with Gasteiger partial charge >= 0.3 is 0 Å². The first-order chi connectivity index (χ1) is 17.0. The zero-order chi connectivity index (χ0) is 24.4. The van der Waals surface area contributed by atoms with E-state index in [0.717, 1.165) is 37.3 Å². The highest BCUT2D eigenvalue weighted by molar-refractivity contribution is 8.00. The summed E-state index contributed by atoms with van der Waals surface area (Å²) in [7, 11) is 0. The summed E-state index contributed by atoms with van der Waals surface area (Å²) in [6.07, 6.45) is 0. The quantitative estimate of drug-likeness (QED) is 0.290. The Kier molecular flexibility index (Phi) is 6.66. The molecule has 2 amide bonds. The summed E-state index contributed by atoms with van der Waals surface area (Å²) in [4.78, 5) is 31.1. The van der Waals surface area contributed by atoms with Crippen LogP contribution in [0.15, 0.2) is 112 Å². The first-order valence-electron chi connectivity index (χ1n) is 11.3. The van der Waals surface area contributed by atoms with Gasteiger partial charge in [-0.3, -0.25) is 14.5 Å². The Morgan fingerprint density at radius 2 is 1.37 bits per heavy atom. The van der Waals surface area contributed by atoms with Gasteiger partial charge in [-0.15, -0.1) is 11.8 Å². The van der Waals surface area contributed by atoms with Crippen molar-refractivity contribution in [2.75, 3.05) is 10.2 Å². The maximum absolute atomic E-state index is 13.7. The van der Waals surface area contributed by atoms with E-state index < -0.39 is 0 Å². The Balaban J connectivity index is 1.30. The minimum absolute atomic E-state index is 0.0342. The maximum atomic E-state index is 13.7. The highest BCUT2D eigenvalue weighted by atomic mass is 32.2. The fourth-order valence-corrected chi connectivity index (χ4v) is 5.87. The monoisotopic (exact) mass is 496 g/mol. The SMILES string of the molecule is Cc1ccc(C(=O)Nc2ccc(SC(C)C(=O)N3c4ccccc4Sc4ccccc43)cc2)cc1. The number of carbonyl (C=O) groups is 2. The lowest BCUT2D eigenvalue weighted by molar-refractivity contribution is -0.117. The number of para-hydroxylation sites is 2. The van der Waals surface area contributed by atoms with Gasteiger partial charge in [0.15, 0.2) is 0 Å². The fourth-order valence-electron chi connectivity index (χ4n) is 3.90. The van der Waals surface area contributed by atoms with Crippen molar-refractivity contribution in [3.8, 4) is 0 Å². The van der Waals surface area contributed by atoms with Crippen LogP contribution in [0.25, 0.3) is 0 Å². The van der Waals surface area contributed by atoms with E-state index >= 15 is 0 Å². The molecule has 4 aromatic carbocycles. The van der Waals surface area contributed by atoms with E-state index in [1.807, 2.05) is 104 Å². The smallest absolute Gasteiger partial charge is 0.255 e. The minimum atomic E-state index is -0.299. The summed E-state index contributed by atoms with van der Waals surface area (Å²) in [6.45, 7) is 3.93. The zero-order valence-corrected chi connectivity index (χ0v) is 21.0. The second kappa shape index (κ2) is 10.0. The first kappa shape index (κ1) is 23.3. The van der Waals surface area contributed by atoms with E-state index in [9.17, 15) is 9.59 Å². The number of nitrogens with one attached hydrogen (secondary N) is 1. The number of anilines is 3. The fraction of sp³-hybridized carbons (Fsp3) is 0.103. The van der Waals surface area contributed by atoms with Crippen molar-refractivity contribution in [1.29, 1.82) is 0 Å². The van der Waals surface area contributed by atoms with Crippen LogP contribution in [0.2, 0.25) is 0 Å². The number of amides is 2. The molecule has 1 N–H and O–H groups in total. The average Bonchev–Trinajstić information content (AvgIpc) is 2.88. The molecule has 6 heteroatoms. The van der Waals surface area contributed by atoms with Gasteiger partial charge in [-0.25, -0.2) is 0 Å². The van der Waals surface area contributed by atoms with Crippen molar-refractivity contribution in [2.24, 2.45) is 0 Å². The summed E-state index contributed by atoms with van der Waals surface area (Å²) >= 11 is 3.20. The molecule has 0 fully saturated rings. The summed E-state index contributed by atoms with van der Waals surface area (Å²) in [5.41, 5.74) is 4.29. The molecule has 1 atom stereocenters. The van der Waals surface area contributed by atoms with E-state index in [-0.39, 0.29) is 17.1 Å². The molecule has 5 rings (SSSR count). The Labute approximate surface area is 213 Å². The molecule has 0 aromatic heterocycles. The van der Waals surface area contributed by atoms with E-state index in [0.29, 0.717) is 5.56 Å². The molecule has 0 saturated heterocycles. The van der Waals surface area contributed by atoms with Crippen molar-refractivity contribution in [3.05, 3.63) is 108 Å². The number of nitrogens with zero attached hydrogens (tertiary/aromatic N) is 1. The lowest BCUT2D eigenvalue weighted by Gasteiger charge is -2.32. The second-order valence-electron chi connectivity index (χ2n) is 8.32. The third kappa shape index (κ3) is 4.99. The minimum Gasteiger partial charge on any atom is -0.322 e. The molecule has 35 heavy (non-hydrogen) atoms. The number of benzene rings is 4. The van der Waals surface area contributed by atoms with Gasteiger partial charge in [0.05, 0.1) is 16.6 Å². The number of fused-ring (bicyclic) bond motifs is 2. The van der Waals surface area contributed by atoms with Crippen LogP contribution in [0, 0.1) is 6.92 Å². The van der Waals surface area contributed by atoms with Crippen molar-refractivity contribution in [3.63, 3.8) is 0 Å². The molecular weight excluding hydrogens is 472 g/mol. The number of hydrogen-bond donors (Lipinski definition) is 1. The molecule has 1 aliphatic rings. The Hall–Kier alpha value is -3.48. The van der Waals surface area contributed by atoms with Gasteiger partial charge in [0.2, 0.25) is 5.91 Å². The molecule has 4 nitrogen and oxygen atoms in total. The highest BCUT2D eigenvalue weighted by Gasteiger charge is 2.31. The normalized spacial score (nSPS) is 12.9. The van der Waals surface area contributed by atoms with Gasteiger partial charge in [0.1, 0.15) is 0 Å². The second-order valence-corrected chi connectivity index (χ2v) is 10.8. The molecule has 4 aromatic rings. The third-order valence-electron chi connectivity index (χ3n) is 5.74. The molecule has 1 unspecified atom stereocenters. The molecule has 0 saturated carbocycles. The van der Waals surface area contributed by atoms with Crippen molar-refractivity contribution in [2.45, 2.75) is 33.8 Å². The highest BCUT2D eigenvalue weighted by Crippen LogP contribution is 2.48. The van der Waals surface area contributed by atoms with Gasteiger partial charge in [-0.05, 0) is 74.5 Å². The number of rotatable bonds is 5. The van der Waals surface area contributed by atoms with Gasteiger partial charge in [0, 0.05) is 25.9 Å². The predicted molar refractivity (Wildman–Crippen MR) is 145 cm³/mol. The maximum Gasteiger partial charge on any atom is 0.255 e. The van der Waals surface area contributed by atoms with Crippen LogP contribution >= 0.6 is 23.5 Å². The molecular formula is C29H24N2O2S2. The standard InChI is InChI=1S/C29H24N2O2S2/c1-19-11-13-21(14-12-19)28(32)30-22-15-17-23(18-16-22)34-20(2)29(33)31-24-7-3-5-9-26(24)35-27-10-6-4-8-25(27)31/h3-18,20H,1-2H3,(H,30,32). The Morgan fingerprint density at radius 3 is 1.97 bits per heavy atom. The van der Waals surface area contributed by atoms with Crippen LogP contribution in [0.3, 0.4) is 0 Å². The molecule has 1 heterocycles. The van der Waals surface area contributed by atoms with Crippen LogP contribution in [0.4, 0.5) is 17.1 Å². The van der Waals surface area contributed by atoms with Gasteiger partial charge in [0.25, 0.3) is 5.91 Å². The largest absolute Gasteiger partial charge is 0.322 e. The van der Waals surface area contributed by atoms with E-state index in [1.165, 1.54) is 11.8 Å². The van der Waals surface area contributed by atoms with Gasteiger partial charge in [-0.2, -0.15) is 0 Å². The Bertz CT molecular complexity index is 1340. The lowest BCUT2D eigenvalue weighted by atomic mass is 10.1. The average molecular weight is 497 g/mol. The number of aryl methyl sites for hydroxylation is 1. The van der Waals surface area contributed by atoms with Crippen molar-refractivity contribution < 1.29 is 9.59 Å². The first-order valence-corrected chi connectivity index (χ1v) is 13.0. The summed E-state index contributed by atoms with van der Waals surface area (Å²) in [5, 5.41) is 2.63. The molecule has 174 valence electrons. The molecule has 1 aliphatic heterocycles. The third-order valence-corrected chi connectivity index (χ3v) is 7.97. The van der Waals surface area contributed by atoms with E-state index in [2.05, 4.69) is 17.4 Å². The van der Waals surface area contributed by atoms with E-state index in [1.54, 1.807) is 11.8 Å². The summed E-state index contributed by atoms with van der Waals surface area (Å²) in [6, 6.07) is 31.1. The molecule has 0 radical (unpaired) electrons. The predicted octanol–water partition coefficient (Wildman–Crippen LogP) is 7.56.